The van der Waals surface area contributed by atoms with Crippen LogP contribution < -0.4 is 16.0 Å². The van der Waals surface area contributed by atoms with Gasteiger partial charge in [-0.1, -0.05) is 25.1 Å². The molecule has 2 fully saturated rings. The molecule has 2 aliphatic heterocycles. The van der Waals surface area contributed by atoms with E-state index in [4.69, 9.17) is 0 Å². The van der Waals surface area contributed by atoms with Crippen LogP contribution in [-0.2, 0) is 31.0 Å². The van der Waals surface area contributed by atoms with E-state index in [9.17, 15) is 21.6 Å². The predicted molar refractivity (Wildman–Crippen MR) is 124 cm³/mol. The molecule has 0 saturated carbocycles. The highest BCUT2D eigenvalue weighted by molar-refractivity contribution is 7.92. The smallest absolute Gasteiger partial charge is 0.237 e. The molecule has 3 unspecified atom stereocenters. The molecule has 2 aliphatic rings. The van der Waals surface area contributed by atoms with E-state index >= 15 is 0 Å². The van der Waals surface area contributed by atoms with Crippen LogP contribution in [0.5, 0.6) is 0 Å². The lowest BCUT2D eigenvalue weighted by Crippen LogP contribution is -2.45. The number of piperidine rings is 1. The molecule has 8 nitrogen and oxygen atoms in total. The van der Waals surface area contributed by atoms with Crippen molar-refractivity contribution in [3.05, 3.63) is 54.1 Å². The standard InChI is InChI=1S/C23H29N3O5S2/c1-2-32(28,29)19-4-3-5-20(13-19)33(30,31)18-8-6-16(7-9-18)14-25-23(27)22-12-17-15-24-11-10-21(17)26-22/h3-9,13,17,21-22,24,26H,2,10-12,14-15H2,1H3,(H,25,27). The highest BCUT2D eigenvalue weighted by Crippen LogP contribution is 2.26. The number of rotatable bonds is 7. The first-order valence-electron chi connectivity index (χ1n) is 11.1. The minimum Gasteiger partial charge on any atom is -0.351 e. The van der Waals surface area contributed by atoms with Gasteiger partial charge in [-0.2, -0.15) is 0 Å². The van der Waals surface area contributed by atoms with Gasteiger partial charge in [0.25, 0.3) is 0 Å². The van der Waals surface area contributed by atoms with Gasteiger partial charge in [0, 0.05) is 12.6 Å². The summed E-state index contributed by atoms with van der Waals surface area (Å²) >= 11 is 0. The Morgan fingerprint density at radius 2 is 1.76 bits per heavy atom. The Morgan fingerprint density at radius 1 is 1.03 bits per heavy atom. The monoisotopic (exact) mass is 491 g/mol. The van der Waals surface area contributed by atoms with E-state index in [0.717, 1.165) is 31.5 Å². The van der Waals surface area contributed by atoms with Gasteiger partial charge in [-0.05, 0) is 67.7 Å². The number of sulfone groups is 2. The number of hydrogen-bond donors (Lipinski definition) is 3. The lowest BCUT2D eigenvalue weighted by atomic mass is 9.94. The molecule has 178 valence electrons. The number of hydrogen-bond acceptors (Lipinski definition) is 7. The third kappa shape index (κ3) is 5.13. The zero-order chi connectivity index (χ0) is 23.6. The van der Waals surface area contributed by atoms with Crippen molar-refractivity contribution in [2.45, 2.75) is 53.1 Å². The summed E-state index contributed by atoms with van der Waals surface area (Å²) in [5, 5.41) is 9.72. The fourth-order valence-electron chi connectivity index (χ4n) is 4.44. The molecule has 2 aromatic carbocycles. The Morgan fingerprint density at radius 3 is 2.45 bits per heavy atom. The molecule has 10 heteroatoms. The summed E-state index contributed by atoms with van der Waals surface area (Å²) in [6.07, 6.45) is 1.84. The van der Waals surface area contributed by atoms with Gasteiger partial charge in [0.2, 0.25) is 15.7 Å². The Labute approximate surface area is 195 Å². The second-order valence-corrected chi connectivity index (χ2v) is 12.8. The van der Waals surface area contributed by atoms with Crippen molar-refractivity contribution >= 4 is 25.6 Å². The van der Waals surface area contributed by atoms with E-state index in [1.807, 2.05) is 0 Å². The minimum atomic E-state index is -3.87. The fourth-order valence-corrected chi connectivity index (χ4v) is 6.75. The van der Waals surface area contributed by atoms with Crippen molar-refractivity contribution in [3.63, 3.8) is 0 Å². The van der Waals surface area contributed by atoms with Crippen molar-refractivity contribution in [2.75, 3.05) is 18.8 Å². The summed E-state index contributed by atoms with van der Waals surface area (Å²) in [6.45, 7) is 3.72. The largest absolute Gasteiger partial charge is 0.351 e. The third-order valence-electron chi connectivity index (χ3n) is 6.43. The third-order valence-corrected chi connectivity index (χ3v) is 9.93. The summed E-state index contributed by atoms with van der Waals surface area (Å²) < 4.78 is 50.2. The van der Waals surface area contributed by atoms with Gasteiger partial charge in [0.1, 0.15) is 0 Å². The first-order chi connectivity index (χ1) is 15.7. The SMILES string of the molecule is CCS(=O)(=O)c1cccc(S(=O)(=O)c2ccc(CNC(=O)C3CC4CNCCC4N3)cc2)c1. The van der Waals surface area contributed by atoms with E-state index in [1.54, 1.807) is 12.1 Å². The van der Waals surface area contributed by atoms with Gasteiger partial charge < -0.3 is 16.0 Å². The summed E-state index contributed by atoms with van der Waals surface area (Å²) in [5.74, 6) is 0.325. The van der Waals surface area contributed by atoms with Crippen LogP contribution in [0, 0.1) is 5.92 Å². The van der Waals surface area contributed by atoms with E-state index in [-0.39, 0.29) is 32.4 Å². The van der Waals surface area contributed by atoms with Crippen LogP contribution in [0.2, 0.25) is 0 Å². The summed E-state index contributed by atoms with van der Waals surface area (Å²) in [6, 6.07) is 11.9. The molecule has 33 heavy (non-hydrogen) atoms. The number of carbonyl (C=O) groups is 1. The maximum absolute atomic E-state index is 13.0. The molecule has 0 aliphatic carbocycles. The predicted octanol–water partition coefficient (Wildman–Crippen LogP) is 1.27. The maximum Gasteiger partial charge on any atom is 0.237 e. The van der Waals surface area contributed by atoms with Crippen molar-refractivity contribution in [1.82, 2.24) is 16.0 Å². The van der Waals surface area contributed by atoms with E-state index < -0.39 is 19.7 Å². The van der Waals surface area contributed by atoms with Gasteiger partial charge in [0.05, 0.1) is 26.5 Å². The first kappa shape index (κ1) is 23.9. The Balaban J connectivity index is 1.41. The lowest BCUT2D eigenvalue weighted by molar-refractivity contribution is -0.123. The average Bonchev–Trinajstić information content (AvgIpc) is 3.27. The molecule has 0 spiro atoms. The molecule has 0 radical (unpaired) electrons. The molecule has 3 N–H and O–H groups in total. The molecule has 0 aromatic heterocycles. The maximum atomic E-state index is 13.0. The fraction of sp³-hybridized carbons (Fsp3) is 0.435. The topological polar surface area (TPSA) is 121 Å². The molecule has 0 bridgehead atoms. The Bertz CT molecular complexity index is 1210. The lowest BCUT2D eigenvalue weighted by Gasteiger charge is -2.25. The summed E-state index contributed by atoms with van der Waals surface area (Å²) in [4.78, 5) is 12.6. The highest BCUT2D eigenvalue weighted by atomic mass is 32.2. The molecule has 2 aromatic rings. The summed E-state index contributed by atoms with van der Waals surface area (Å²) in [7, 11) is -7.38. The van der Waals surface area contributed by atoms with Crippen LogP contribution in [0.25, 0.3) is 0 Å². The van der Waals surface area contributed by atoms with Crippen molar-refractivity contribution < 1.29 is 21.6 Å². The second-order valence-electron chi connectivity index (χ2n) is 8.56. The second kappa shape index (κ2) is 9.54. The van der Waals surface area contributed by atoms with Crippen LogP contribution in [0.3, 0.4) is 0 Å². The van der Waals surface area contributed by atoms with Gasteiger partial charge in [-0.25, -0.2) is 16.8 Å². The average molecular weight is 492 g/mol. The van der Waals surface area contributed by atoms with Gasteiger partial charge >= 0.3 is 0 Å². The number of fused-ring (bicyclic) bond motifs is 1. The Hall–Kier alpha value is -2.27. The molecule has 2 saturated heterocycles. The van der Waals surface area contributed by atoms with Gasteiger partial charge in [-0.3, -0.25) is 4.79 Å². The number of amides is 1. The van der Waals surface area contributed by atoms with Crippen LogP contribution in [0.1, 0.15) is 25.3 Å². The molecular weight excluding hydrogens is 462 g/mol. The quantitative estimate of drug-likeness (QED) is 0.533. The van der Waals surface area contributed by atoms with E-state index in [1.165, 1.54) is 43.3 Å². The van der Waals surface area contributed by atoms with E-state index in [0.29, 0.717) is 18.5 Å². The molecule has 1 amide bonds. The number of carbonyl (C=O) groups excluding carboxylic acids is 1. The summed E-state index contributed by atoms with van der Waals surface area (Å²) in [5.41, 5.74) is 0.779. The van der Waals surface area contributed by atoms with Crippen LogP contribution >= 0.6 is 0 Å². The molecule has 3 atom stereocenters. The minimum absolute atomic E-state index is 0.0125. The van der Waals surface area contributed by atoms with Crippen molar-refractivity contribution in [2.24, 2.45) is 5.92 Å². The van der Waals surface area contributed by atoms with Crippen LogP contribution in [0.4, 0.5) is 0 Å². The first-order valence-corrected chi connectivity index (χ1v) is 14.3. The van der Waals surface area contributed by atoms with Crippen molar-refractivity contribution in [1.29, 1.82) is 0 Å². The van der Waals surface area contributed by atoms with Gasteiger partial charge in [0.15, 0.2) is 9.84 Å². The molecule has 2 heterocycles. The zero-order valence-electron chi connectivity index (χ0n) is 18.5. The molecule has 4 rings (SSSR count). The number of nitrogens with one attached hydrogen (secondary N) is 3. The number of benzene rings is 2. The van der Waals surface area contributed by atoms with Crippen LogP contribution in [-0.4, -0.2) is 53.7 Å². The van der Waals surface area contributed by atoms with Crippen LogP contribution in [0.15, 0.2) is 63.2 Å². The zero-order valence-corrected chi connectivity index (χ0v) is 20.1. The normalized spacial score (nSPS) is 23.1. The van der Waals surface area contributed by atoms with Gasteiger partial charge in [-0.15, -0.1) is 0 Å². The molecular formula is C23H29N3O5S2. The highest BCUT2D eigenvalue weighted by Gasteiger charge is 2.38. The van der Waals surface area contributed by atoms with E-state index in [2.05, 4.69) is 16.0 Å². The Kier molecular flexibility index (Phi) is 6.90. The van der Waals surface area contributed by atoms with Crippen molar-refractivity contribution in [3.8, 4) is 0 Å².